The third-order valence-corrected chi connectivity index (χ3v) is 5.03. The fraction of sp³-hybridized carbons (Fsp3) is 0.400. The highest BCUT2D eigenvalue weighted by Crippen LogP contribution is 2.41. The molecular weight excluding hydrogens is 300 g/mol. The molecule has 24 heavy (non-hydrogen) atoms. The Balaban J connectivity index is 1.80. The Morgan fingerprint density at radius 2 is 2.12 bits per heavy atom. The zero-order valence-electron chi connectivity index (χ0n) is 14.0. The van der Waals surface area contributed by atoms with Gasteiger partial charge in [0.2, 0.25) is 0 Å². The summed E-state index contributed by atoms with van der Waals surface area (Å²) in [6.45, 7) is 5.58. The van der Waals surface area contributed by atoms with Crippen molar-refractivity contribution in [3.8, 4) is 16.9 Å². The van der Waals surface area contributed by atoms with Crippen molar-refractivity contribution in [2.75, 3.05) is 31.1 Å². The third kappa shape index (κ3) is 2.76. The fourth-order valence-corrected chi connectivity index (χ4v) is 3.73. The predicted octanol–water partition coefficient (Wildman–Crippen LogP) is 2.97. The van der Waals surface area contributed by atoms with Gasteiger partial charge < -0.3 is 20.1 Å². The SMILES string of the molecule is CC(O)c1cccc(-c2cccc3c2OCC[C@H]2CNCCN32)c1. The Morgan fingerprint density at radius 3 is 3.00 bits per heavy atom. The summed E-state index contributed by atoms with van der Waals surface area (Å²) in [5.74, 6) is 0.977. The summed E-state index contributed by atoms with van der Waals surface area (Å²) in [6.07, 6.45) is 0.570. The standard InChI is InChI=1S/C20H24N2O2/c1-14(23)15-4-2-5-16(12-15)18-6-3-7-19-20(18)24-11-8-17-13-21-9-10-22(17)19/h2-7,12,14,17,21,23H,8-11,13H2,1H3/t14?,17-/m0/s1. The maximum atomic E-state index is 9.89. The van der Waals surface area contributed by atoms with Crippen LogP contribution in [-0.2, 0) is 0 Å². The molecule has 2 aliphatic heterocycles. The normalized spacial score (nSPS) is 21.2. The molecule has 1 saturated heterocycles. The molecule has 0 amide bonds. The number of nitrogens with zero attached hydrogens (tertiary/aromatic N) is 1. The van der Waals surface area contributed by atoms with Gasteiger partial charge in [-0.3, -0.25) is 0 Å². The van der Waals surface area contributed by atoms with Gasteiger partial charge in [-0.15, -0.1) is 0 Å². The molecule has 0 aromatic heterocycles. The molecule has 0 aliphatic carbocycles. The van der Waals surface area contributed by atoms with Crippen LogP contribution in [0.2, 0.25) is 0 Å². The average Bonchev–Trinajstić information content (AvgIpc) is 2.81. The van der Waals surface area contributed by atoms with E-state index < -0.39 is 6.10 Å². The van der Waals surface area contributed by atoms with Crippen molar-refractivity contribution in [1.82, 2.24) is 5.32 Å². The van der Waals surface area contributed by atoms with Crippen molar-refractivity contribution >= 4 is 5.69 Å². The number of piperazine rings is 1. The van der Waals surface area contributed by atoms with Crippen LogP contribution in [0.1, 0.15) is 25.0 Å². The van der Waals surface area contributed by atoms with E-state index in [1.807, 2.05) is 12.1 Å². The molecular formula is C20H24N2O2. The number of para-hydroxylation sites is 1. The summed E-state index contributed by atoms with van der Waals surface area (Å²) >= 11 is 0. The van der Waals surface area contributed by atoms with E-state index in [4.69, 9.17) is 4.74 Å². The van der Waals surface area contributed by atoms with Gasteiger partial charge in [-0.2, -0.15) is 0 Å². The molecule has 126 valence electrons. The lowest BCUT2D eigenvalue weighted by Crippen LogP contribution is -2.51. The minimum Gasteiger partial charge on any atom is -0.491 e. The molecule has 0 saturated carbocycles. The lowest BCUT2D eigenvalue weighted by Gasteiger charge is -2.36. The highest BCUT2D eigenvalue weighted by Gasteiger charge is 2.28. The second-order valence-electron chi connectivity index (χ2n) is 6.64. The number of anilines is 1. The van der Waals surface area contributed by atoms with Crippen molar-refractivity contribution in [1.29, 1.82) is 0 Å². The van der Waals surface area contributed by atoms with Gasteiger partial charge in [-0.25, -0.2) is 0 Å². The Hall–Kier alpha value is -2.04. The van der Waals surface area contributed by atoms with Gasteiger partial charge in [-0.05, 0) is 30.2 Å². The summed E-state index contributed by atoms with van der Waals surface area (Å²) in [5.41, 5.74) is 4.32. The maximum Gasteiger partial charge on any atom is 0.150 e. The number of hydrogen-bond acceptors (Lipinski definition) is 4. The Labute approximate surface area is 143 Å². The molecule has 2 heterocycles. The average molecular weight is 324 g/mol. The molecule has 0 radical (unpaired) electrons. The van der Waals surface area contributed by atoms with Crippen molar-refractivity contribution < 1.29 is 9.84 Å². The van der Waals surface area contributed by atoms with Crippen molar-refractivity contribution in [3.63, 3.8) is 0 Å². The second kappa shape index (κ2) is 6.46. The molecule has 2 aromatic carbocycles. The van der Waals surface area contributed by atoms with Crippen LogP contribution < -0.4 is 15.0 Å². The molecule has 0 spiro atoms. The summed E-state index contributed by atoms with van der Waals surface area (Å²) in [7, 11) is 0. The van der Waals surface area contributed by atoms with Crippen LogP contribution in [0.5, 0.6) is 5.75 Å². The van der Waals surface area contributed by atoms with E-state index in [2.05, 4.69) is 40.5 Å². The summed E-state index contributed by atoms with van der Waals surface area (Å²) < 4.78 is 6.19. The lowest BCUT2D eigenvalue weighted by molar-refractivity contribution is 0.199. The van der Waals surface area contributed by atoms with Crippen molar-refractivity contribution in [2.24, 2.45) is 0 Å². The van der Waals surface area contributed by atoms with Crippen LogP contribution in [0.3, 0.4) is 0 Å². The predicted molar refractivity (Wildman–Crippen MR) is 96.6 cm³/mol. The maximum absolute atomic E-state index is 9.89. The molecule has 2 atom stereocenters. The van der Waals surface area contributed by atoms with Crippen LogP contribution in [0.25, 0.3) is 11.1 Å². The van der Waals surface area contributed by atoms with Gasteiger partial charge in [0.05, 0.1) is 18.4 Å². The first-order chi connectivity index (χ1) is 11.7. The highest BCUT2D eigenvalue weighted by atomic mass is 16.5. The highest BCUT2D eigenvalue weighted by molar-refractivity contribution is 5.79. The molecule has 4 heteroatoms. The topological polar surface area (TPSA) is 44.7 Å². The van der Waals surface area contributed by atoms with Crippen LogP contribution >= 0.6 is 0 Å². The van der Waals surface area contributed by atoms with E-state index in [0.717, 1.165) is 55.1 Å². The number of ether oxygens (including phenoxy) is 1. The number of fused-ring (bicyclic) bond motifs is 3. The van der Waals surface area contributed by atoms with Crippen molar-refractivity contribution in [3.05, 3.63) is 48.0 Å². The second-order valence-corrected chi connectivity index (χ2v) is 6.64. The molecule has 1 fully saturated rings. The minimum atomic E-state index is -0.467. The zero-order chi connectivity index (χ0) is 16.5. The van der Waals surface area contributed by atoms with E-state index in [1.54, 1.807) is 6.92 Å². The number of rotatable bonds is 2. The quantitative estimate of drug-likeness (QED) is 0.891. The first-order valence-electron chi connectivity index (χ1n) is 8.75. The van der Waals surface area contributed by atoms with Gasteiger partial charge in [-0.1, -0.05) is 30.3 Å². The molecule has 4 rings (SSSR count). The molecule has 2 aromatic rings. The zero-order valence-corrected chi connectivity index (χ0v) is 14.0. The van der Waals surface area contributed by atoms with E-state index in [1.165, 1.54) is 5.69 Å². The number of benzene rings is 2. The van der Waals surface area contributed by atoms with Crippen LogP contribution in [-0.4, -0.2) is 37.4 Å². The molecule has 1 unspecified atom stereocenters. The Kier molecular flexibility index (Phi) is 4.17. The van der Waals surface area contributed by atoms with Gasteiger partial charge in [0.25, 0.3) is 0 Å². The Bertz CT molecular complexity index is 729. The third-order valence-electron chi connectivity index (χ3n) is 5.03. The molecule has 2 aliphatic rings. The van der Waals surface area contributed by atoms with Crippen LogP contribution in [0.15, 0.2) is 42.5 Å². The number of nitrogens with one attached hydrogen (secondary N) is 1. The number of aliphatic hydroxyl groups is 1. The van der Waals surface area contributed by atoms with E-state index in [0.29, 0.717) is 6.04 Å². The summed E-state index contributed by atoms with van der Waals surface area (Å²) in [6, 6.07) is 15.0. The summed E-state index contributed by atoms with van der Waals surface area (Å²) in [5, 5.41) is 13.4. The smallest absolute Gasteiger partial charge is 0.150 e. The van der Waals surface area contributed by atoms with Crippen LogP contribution in [0.4, 0.5) is 5.69 Å². The van der Waals surface area contributed by atoms with Gasteiger partial charge in [0.15, 0.2) is 0 Å². The largest absolute Gasteiger partial charge is 0.491 e. The summed E-state index contributed by atoms with van der Waals surface area (Å²) in [4.78, 5) is 2.49. The van der Waals surface area contributed by atoms with Gasteiger partial charge in [0, 0.05) is 37.7 Å². The van der Waals surface area contributed by atoms with E-state index in [9.17, 15) is 5.11 Å². The monoisotopic (exact) mass is 324 g/mol. The molecule has 0 bridgehead atoms. The van der Waals surface area contributed by atoms with E-state index in [-0.39, 0.29) is 0 Å². The Morgan fingerprint density at radius 1 is 1.25 bits per heavy atom. The number of hydrogen-bond donors (Lipinski definition) is 2. The first-order valence-corrected chi connectivity index (χ1v) is 8.75. The van der Waals surface area contributed by atoms with Crippen LogP contribution in [0, 0.1) is 0 Å². The minimum absolute atomic E-state index is 0.467. The molecule has 4 nitrogen and oxygen atoms in total. The van der Waals surface area contributed by atoms with Gasteiger partial charge >= 0.3 is 0 Å². The lowest BCUT2D eigenvalue weighted by atomic mass is 9.99. The molecule has 2 N–H and O–H groups in total. The van der Waals surface area contributed by atoms with Crippen molar-refractivity contribution in [2.45, 2.75) is 25.5 Å². The number of aliphatic hydroxyl groups excluding tert-OH is 1. The first kappa shape index (κ1) is 15.5. The van der Waals surface area contributed by atoms with E-state index >= 15 is 0 Å². The fourth-order valence-electron chi connectivity index (χ4n) is 3.73. The van der Waals surface area contributed by atoms with Gasteiger partial charge in [0.1, 0.15) is 5.75 Å².